The number of ether oxygens (including phenoxy) is 1. The number of carbonyl (C=O) groups is 3. The highest BCUT2D eigenvalue weighted by Crippen LogP contribution is 2.73. The number of phenolic OH excluding ortho intramolecular Hbond substituents is 1. The molecule has 2 aliphatic heterocycles. The number of rotatable bonds is 9. The van der Waals surface area contributed by atoms with Crippen LogP contribution in [0, 0.1) is 106 Å². The maximum atomic E-state index is 16.3. The standard InChI is InChI=1S/C68H91N5O12S2/c1-5-51-56(54(63(82)85-51)39-18-21-71-29-39)43-8-6-7-38-27-68(84)58-47(65(3)28-50(78)60(80)46-33-87-86-32-41(35-11-14-42(76)15-12-35)25-49(77)48(31-75)73-59(58)61(81)57(46)65)17-19-67(68,20-22-72-64(69)70)62(38)66(4,83)52(79)26-40(30-74)53-37-13-16-44(43)55(53)45-23-34(2)9-10-36(45)24-37/h11-16,18,21,24,29,34,37-38,40-41,43-48,50-57,60,62,71,73-76,78-80,83-84H,5,7,9-10,17,19-20,22-23,25-28,30-33H2,1-4H3,(H4,69,70,72). The maximum absolute atomic E-state index is 16.3. The Hall–Kier alpha value is -4.62. The number of ketones is 2. The minimum atomic E-state index is -2.03. The number of benzene rings is 1. The van der Waals surface area contributed by atoms with Crippen LogP contribution in [0.4, 0.5) is 0 Å². The van der Waals surface area contributed by atoms with Crippen LogP contribution >= 0.6 is 21.6 Å². The van der Waals surface area contributed by atoms with Crippen molar-refractivity contribution in [3.05, 3.63) is 88.9 Å². The number of phenols is 1. The molecule has 1 aromatic carbocycles. The number of hydrogen-bond donors (Lipinski definition) is 12. The van der Waals surface area contributed by atoms with Crippen molar-refractivity contribution in [1.29, 1.82) is 0 Å². The number of aliphatic imine (C=N–C) groups is 1. The number of cyclic esters (lactones) is 1. The predicted molar refractivity (Wildman–Crippen MR) is 333 cm³/mol. The number of nitrogens with zero attached hydrogens (tertiary/aromatic N) is 1. The Morgan fingerprint density at radius 1 is 0.931 bits per heavy atom. The van der Waals surface area contributed by atoms with E-state index in [-0.39, 0.29) is 134 Å². The highest BCUT2D eigenvalue weighted by molar-refractivity contribution is 8.76. The number of Topliss-reactive ketones (excluding diaryl/α,β-unsaturated/α-hetero) is 2. The van der Waals surface area contributed by atoms with Crippen LogP contribution in [0.15, 0.2) is 82.8 Å². The van der Waals surface area contributed by atoms with Crippen LogP contribution < -0.4 is 16.8 Å². The Morgan fingerprint density at radius 2 is 1.70 bits per heavy atom. The summed E-state index contributed by atoms with van der Waals surface area (Å²) in [7, 11) is 2.96. The summed E-state index contributed by atoms with van der Waals surface area (Å²) in [6, 6.07) is 7.25. The van der Waals surface area contributed by atoms with E-state index < -0.39 is 112 Å². The van der Waals surface area contributed by atoms with E-state index in [0.717, 1.165) is 30.4 Å². The number of nitrogens with one attached hydrogen (secondary N) is 2. The van der Waals surface area contributed by atoms with Gasteiger partial charge in [-0.15, -0.1) is 5.92 Å². The molecule has 17 nitrogen and oxygen atoms in total. The van der Waals surface area contributed by atoms with Crippen LogP contribution in [0.25, 0.3) is 0 Å². The van der Waals surface area contributed by atoms with Gasteiger partial charge >= 0.3 is 5.97 Å². The Bertz CT molecular complexity index is 3120. The van der Waals surface area contributed by atoms with E-state index in [1.54, 1.807) is 31.2 Å². The third-order valence-electron chi connectivity index (χ3n) is 24.1. The number of nitrogens with two attached hydrogens (primary N) is 2. The SMILES string of the molecule is CCC1OC(=O)C(c2cc[nH]c2)C1C1C#CCC2CC3(O)C4=C5NC(CO)C(=O)CC(c6ccc(O)cc6)CSSCC6C(O)C(O)CC(C)(C4CCC3(CCN=C(N)N)C2C(C)(O)C(O)CC(CO)C2C3C=CC1C2C1CC(C)CCC1=C3)C6C5=O. The average Bonchev–Trinajstić information content (AvgIpc) is 1.56. The number of aliphatic hydroxyl groups is 7. The number of allylic oxidation sites excluding steroid dienone is 5. The highest BCUT2D eigenvalue weighted by Gasteiger charge is 2.75. The topological polar surface area (TPSA) is 315 Å². The number of aromatic amines is 1. The van der Waals surface area contributed by atoms with Crippen molar-refractivity contribution in [3.63, 3.8) is 0 Å². The zero-order chi connectivity index (χ0) is 61.6. The van der Waals surface area contributed by atoms with Crippen LogP contribution in [0.3, 0.4) is 0 Å². The first-order valence-electron chi connectivity index (χ1n) is 32.2. The van der Waals surface area contributed by atoms with Crippen molar-refractivity contribution in [1.82, 2.24) is 10.3 Å². The predicted octanol–water partition coefficient (Wildman–Crippen LogP) is 6.02. The second-order valence-corrected chi connectivity index (χ2v) is 31.1. The Labute approximate surface area is 518 Å². The molecule has 14 N–H and O–H groups in total. The minimum absolute atomic E-state index is 0.0121. The maximum Gasteiger partial charge on any atom is 0.314 e. The van der Waals surface area contributed by atoms with Crippen LogP contribution in [-0.2, 0) is 19.1 Å². The molecule has 12 rings (SSSR count). The molecule has 87 heavy (non-hydrogen) atoms. The average molecular weight is 1230 g/mol. The zero-order valence-corrected chi connectivity index (χ0v) is 52.2. The van der Waals surface area contributed by atoms with Crippen molar-refractivity contribution in [2.75, 3.05) is 31.3 Å². The number of aromatic nitrogens is 1. The fraction of sp³-hybridized carbons (Fsp3) is 0.676. The van der Waals surface area contributed by atoms with E-state index in [0.29, 0.717) is 30.1 Å². The van der Waals surface area contributed by atoms with Crippen molar-refractivity contribution in [2.24, 2.45) is 110 Å². The summed E-state index contributed by atoms with van der Waals surface area (Å²) in [5, 5.41) is 103. The highest BCUT2D eigenvalue weighted by atomic mass is 33.1. The number of aromatic hydroxyl groups is 1. The molecule has 25 unspecified atom stereocenters. The molecule has 19 heteroatoms. The lowest BCUT2D eigenvalue weighted by Gasteiger charge is -2.63. The number of aliphatic hydroxyl groups excluding tert-OH is 5. The summed E-state index contributed by atoms with van der Waals surface area (Å²) in [6.07, 6.45) is 10.4. The normalized spacial score (nSPS) is 45.2. The monoisotopic (exact) mass is 1230 g/mol. The molecule has 25 atom stereocenters. The van der Waals surface area contributed by atoms with Gasteiger partial charge in [0.2, 0.25) is 0 Å². The fourth-order valence-corrected chi connectivity index (χ4v) is 23.2. The van der Waals surface area contributed by atoms with Gasteiger partial charge in [0.1, 0.15) is 17.9 Å². The number of carbonyl (C=O) groups excluding carboxylic acids is 3. The molecule has 0 spiro atoms. The van der Waals surface area contributed by atoms with Gasteiger partial charge in [0, 0.05) is 90.8 Å². The quantitative estimate of drug-likeness (QED) is 0.0341. The van der Waals surface area contributed by atoms with E-state index in [2.05, 4.69) is 52.3 Å². The molecule has 472 valence electrons. The van der Waals surface area contributed by atoms with Gasteiger partial charge in [0.05, 0.1) is 47.7 Å². The van der Waals surface area contributed by atoms with E-state index in [1.165, 1.54) is 27.2 Å². The minimum Gasteiger partial charge on any atom is -0.508 e. The van der Waals surface area contributed by atoms with Crippen molar-refractivity contribution < 1.29 is 60.0 Å². The van der Waals surface area contributed by atoms with Crippen LogP contribution in [-0.4, -0.2) is 142 Å². The Morgan fingerprint density at radius 3 is 2.41 bits per heavy atom. The van der Waals surface area contributed by atoms with Gasteiger partial charge in [-0.25, -0.2) is 0 Å². The lowest BCUT2D eigenvalue weighted by molar-refractivity contribution is -0.194. The van der Waals surface area contributed by atoms with E-state index in [9.17, 15) is 50.4 Å². The molecule has 8 aliphatic carbocycles. The lowest BCUT2D eigenvalue weighted by Crippen LogP contribution is -2.67. The largest absolute Gasteiger partial charge is 0.508 e. The lowest BCUT2D eigenvalue weighted by atomic mass is 9.43. The Balaban J connectivity index is 1.05. The molecule has 2 aromatic rings. The molecular weight excluding hydrogens is 1140 g/mol. The Kier molecular flexibility index (Phi) is 17.4. The van der Waals surface area contributed by atoms with Gasteiger partial charge in [-0.1, -0.05) is 84.2 Å². The summed E-state index contributed by atoms with van der Waals surface area (Å²) >= 11 is 0. The van der Waals surface area contributed by atoms with E-state index in [1.807, 2.05) is 32.3 Å². The van der Waals surface area contributed by atoms with E-state index in [4.69, 9.17) is 16.2 Å². The first-order valence-corrected chi connectivity index (χ1v) is 34.7. The number of esters is 1. The van der Waals surface area contributed by atoms with Crippen molar-refractivity contribution in [2.45, 2.75) is 158 Å². The molecule has 1 aromatic heterocycles. The third kappa shape index (κ3) is 10.5. The van der Waals surface area contributed by atoms with Crippen LogP contribution in [0.1, 0.15) is 128 Å². The number of H-pyrrole nitrogens is 1. The molecule has 0 amide bonds. The molecule has 10 aliphatic rings. The van der Waals surface area contributed by atoms with Crippen molar-refractivity contribution in [3.8, 4) is 17.6 Å². The molecule has 0 radical (unpaired) electrons. The molecule has 3 heterocycles. The van der Waals surface area contributed by atoms with Gasteiger partial charge in [-0.2, -0.15) is 0 Å². The zero-order valence-electron chi connectivity index (χ0n) is 50.5. The fourth-order valence-electron chi connectivity index (χ4n) is 20.4. The van der Waals surface area contributed by atoms with Crippen LogP contribution in [0.2, 0.25) is 0 Å². The molecule has 6 bridgehead atoms. The summed E-state index contributed by atoms with van der Waals surface area (Å²) in [5.74, 6) is 0.852. The summed E-state index contributed by atoms with van der Waals surface area (Å²) in [4.78, 5) is 53.3. The number of fused-ring (bicyclic) bond motifs is 8. The first kappa shape index (κ1) is 62.6. The molecule has 2 saturated heterocycles. The van der Waals surface area contributed by atoms with E-state index >= 15 is 4.79 Å². The van der Waals surface area contributed by atoms with Gasteiger partial charge in [-0.3, -0.25) is 19.4 Å². The summed E-state index contributed by atoms with van der Waals surface area (Å²) < 4.78 is 6.37. The molecule has 6 fully saturated rings. The number of hydrogen-bond acceptors (Lipinski definition) is 16. The van der Waals surface area contributed by atoms with Crippen LogP contribution in [0.5, 0.6) is 5.75 Å². The molecular formula is C68H91N5O12S2. The van der Waals surface area contributed by atoms with Gasteiger partial charge < -0.3 is 67.4 Å². The van der Waals surface area contributed by atoms with Gasteiger partial charge in [0.15, 0.2) is 17.5 Å². The second kappa shape index (κ2) is 24.2. The summed E-state index contributed by atoms with van der Waals surface area (Å²) in [6.45, 7) is 6.96. The second-order valence-electron chi connectivity index (χ2n) is 28.6. The van der Waals surface area contributed by atoms with Gasteiger partial charge in [0.25, 0.3) is 0 Å². The first-order chi connectivity index (χ1) is 41.6. The van der Waals surface area contributed by atoms with Gasteiger partial charge in [-0.05, 0) is 165 Å². The number of guanidine groups is 1. The van der Waals surface area contributed by atoms with Crippen molar-refractivity contribution >= 4 is 45.1 Å². The molecule has 4 saturated carbocycles. The summed E-state index contributed by atoms with van der Waals surface area (Å²) in [5.41, 5.74) is 8.98. The third-order valence-corrected chi connectivity index (χ3v) is 26.7. The smallest absolute Gasteiger partial charge is 0.314 e.